The van der Waals surface area contributed by atoms with E-state index in [-0.39, 0.29) is 5.41 Å². The molecule has 27 heavy (non-hydrogen) atoms. The Morgan fingerprint density at radius 2 is 1.74 bits per heavy atom. The predicted molar refractivity (Wildman–Crippen MR) is 104 cm³/mol. The lowest BCUT2D eigenvalue weighted by atomic mass is 9.78. The number of aromatic nitrogens is 1. The summed E-state index contributed by atoms with van der Waals surface area (Å²) in [5.74, 6) is 1.21. The Balaban J connectivity index is 1.41. The van der Waals surface area contributed by atoms with Crippen LogP contribution in [0.5, 0.6) is 5.75 Å². The van der Waals surface area contributed by atoms with Gasteiger partial charge in [0.15, 0.2) is 0 Å². The van der Waals surface area contributed by atoms with Gasteiger partial charge in [0.2, 0.25) is 5.91 Å². The van der Waals surface area contributed by atoms with Crippen molar-refractivity contribution in [2.45, 2.75) is 32.4 Å². The molecule has 2 aliphatic heterocycles. The van der Waals surface area contributed by atoms with Crippen LogP contribution in [0.15, 0.2) is 48.8 Å². The van der Waals surface area contributed by atoms with Crippen molar-refractivity contribution in [3.05, 3.63) is 59.9 Å². The van der Waals surface area contributed by atoms with Crippen molar-refractivity contribution in [2.24, 2.45) is 5.41 Å². The second kappa shape index (κ2) is 7.69. The standard InChI is InChI=1S/C22H27N3O2/c1-27-20-5-3-18(4-6-20)15-24-13-2-9-22(17-24)10-14-25(21(22)26)16-19-7-11-23-12-8-19/h3-8,11-12H,2,9-10,13-17H2,1H3. The Morgan fingerprint density at radius 1 is 1.00 bits per heavy atom. The molecule has 3 heterocycles. The van der Waals surface area contributed by atoms with Crippen LogP contribution in [-0.2, 0) is 17.9 Å². The van der Waals surface area contributed by atoms with Crippen molar-refractivity contribution in [1.82, 2.24) is 14.8 Å². The second-order valence-electron chi connectivity index (χ2n) is 7.77. The second-order valence-corrected chi connectivity index (χ2v) is 7.77. The van der Waals surface area contributed by atoms with E-state index < -0.39 is 0 Å². The summed E-state index contributed by atoms with van der Waals surface area (Å²) >= 11 is 0. The summed E-state index contributed by atoms with van der Waals surface area (Å²) in [6, 6.07) is 12.2. The lowest BCUT2D eigenvalue weighted by Crippen LogP contribution is -2.47. The Kier molecular flexibility index (Phi) is 5.12. The number of methoxy groups -OCH3 is 1. The number of hydrogen-bond acceptors (Lipinski definition) is 4. The maximum absolute atomic E-state index is 13.2. The fraction of sp³-hybridized carbons (Fsp3) is 0.455. The number of likely N-dealkylation sites (tertiary alicyclic amines) is 2. The molecule has 2 aromatic rings. The molecule has 0 saturated carbocycles. The van der Waals surface area contributed by atoms with E-state index in [4.69, 9.17) is 4.74 Å². The Morgan fingerprint density at radius 3 is 2.48 bits per heavy atom. The van der Waals surface area contributed by atoms with Crippen LogP contribution >= 0.6 is 0 Å². The SMILES string of the molecule is COc1ccc(CN2CCCC3(CCN(Cc4ccncc4)C3=O)C2)cc1. The summed E-state index contributed by atoms with van der Waals surface area (Å²) in [5, 5.41) is 0. The van der Waals surface area contributed by atoms with Crippen molar-refractivity contribution in [3.63, 3.8) is 0 Å². The van der Waals surface area contributed by atoms with Crippen molar-refractivity contribution >= 4 is 5.91 Å². The lowest BCUT2D eigenvalue weighted by Gasteiger charge is -2.39. The molecule has 4 rings (SSSR count). The van der Waals surface area contributed by atoms with Gasteiger partial charge in [0, 0.05) is 38.6 Å². The molecule has 5 heteroatoms. The van der Waals surface area contributed by atoms with Gasteiger partial charge >= 0.3 is 0 Å². The van der Waals surface area contributed by atoms with E-state index in [1.807, 2.05) is 29.2 Å². The summed E-state index contributed by atoms with van der Waals surface area (Å²) in [6.45, 7) is 4.37. The zero-order valence-electron chi connectivity index (χ0n) is 15.9. The largest absolute Gasteiger partial charge is 0.497 e. The minimum atomic E-state index is -0.197. The van der Waals surface area contributed by atoms with Gasteiger partial charge in [-0.1, -0.05) is 12.1 Å². The molecule has 2 saturated heterocycles. The summed E-state index contributed by atoms with van der Waals surface area (Å²) in [7, 11) is 1.69. The summed E-state index contributed by atoms with van der Waals surface area (Å²) in [6.07, 6.45) is 6.66. The first kappa shape index (κ1) is 18.0. The van der Waals surface area contributed by atoms with Gasteiger partial charge in [0.25, 0.3) is 0 Å². The zero-order valence-corrected chi connectivity index (χ0v) is 15.9. The average Bonchev–Trinajstić information content (AvgIpc) is 2.99. The molecule has 1 atom stereocenters. The minimum Gasteiger partial charge on any atom is -0.497 e. The monoisotopic (exact) mass is 365 g/mol. The number of hydrogen-bond donors (Lipinski definition) is 0. The molecule has 1 unspecified atom stereocenters. The first-order chi connectivity index (χ1) is 13.2. The van der Waals surface area contributed by atoms with E-state index in [1.54, 1.807) is 19.5 Å². The quantitative estimate of drug-likeness (QED) is 0.817. The molecule has 142 valence electrons. The molecule has 0 aliphatic carbocycles. The third kappa shape index (κ3) is 3.83. The normalized spacial score (nSPS) is 23.1. The highest BCUT2D eigenvalue weighted by Gasteiger charge is 2.48. The van der Waals surface area contributed by atoms with Crippen LogP contribution in [0.1, 0.15) is 30.4 Å². The zero-order chi connectivity index (χ0) is 18.7. The molecule has 2 aliphatic rings. The molecule has 1 aromatic heterocycles. The maximum atomic E-state index is 13.2. The van der Waals surface area contributed by atoms with Gasteiger partial charge in [-0.15, -0.1) is 0 Å². The number of pyridine rings is 1. The first-order valence-corrected chi connectivity index (χ1v) is 9.72. The highest BCUT2D eigenvalue weighted by Crippen LogP contribution is 2.41. The van der Waals surface area contributed by atoms with E-state index in [0.717, 1.165) is 56.8 Å². The van der Waals surface area contributed by atoms with E-state index in [2.05, 4.69) is 22.0 Å². The molecule has 5 nitrogen and oxygen atoms in total. The molecule has 2 fully saturated rings. The van der Waals surface area contributed by atoms with Crippen molar-refractivity contribution in [2.75, 3.05) is 26.7 Å². The smallest absolute Gasteiger partial charge is 0.230 e. The van der Waals surface area contributed by atoms with Gasteiger partial charge in [0.05, 0.1) is 12.5 Å². The van der Waals surface area contributed by atoms with Crippen LogP contribution in [0, 0.1) is 5.41 Å². The lowest BCUT2D eigenvalue weighted by molar-refractivity contribution is -0.139. The first-order valence-electron chi connectivity index (χ1n) is 9.72. The van der Waals surface area contributed by atoms with Gasteiger partial charge in [-0.25, -0.2) is 0 Å². The fourth-order valence-corrected chi connectivity index (χ4v) is 4.48. The van der Waals surface area contributed by atoms with Crippen LogP contribution < -0.4 is 4.74 Å². The summed E-state index contributed by atoms with van der Waals surface area (Å²) < 4.78 is 5.24. The van der Waals surface area contributed by atoms with Crippen LogP contribution in [0.4, 0.5) is 0 Å². The van der Waals surface area contributed by atoms with Crippen molar-refractivity contribution in [1.29, 1.82) is 0 Å². The molecule has 1 amide bonds. The number of nitrogens with zero attached hydrogens (tertiary/aromatic N) is 3. The summed E-state index contributed by atoms with van der Waals surface area (Å²) in [5.41, 5.74) is 2.23. The van der Waals surface area contributed by atoms with Crippen LogP contribution in [-0.4, -0.2) is 47.4 Å². The van der Waals surface area contributed by atoms with Gasteiger partial charge in [-0.3, -0.25) is 14.7 Å². The number of carbonyl (C=O) groups excluding carboxylic acids is 1. The van der Waals surface area contributed by atoms with E-state index in [0.29, 0.717) is 12.5 Å². The van der Waals surface area contributed by atoms with Crippen molar-refractivity contribution in [3.8, 4) is 5.75 Å². The Hall–Kier alpha value is -2.40. The number of carbonyl (C=O) groups is 1. The third-order valence-corrected chi connectivity index (χ3v) is 5.95. The van der Waals surface area contributed by atoms with E-state index >= 15 is 0 Å². The number of benzene rings is 1. The van der Waals surface area contributed by atoms with Gasteiger partial charge < -0.3 is 9.64 Å². The highest BCUT2D eigenvalue weighted by atomic mass is 16.5. The number of ether oxygens (including phenoxy) is 1. The van der Waals surface area contributed by atoms with Crippen molar-refractivity contribution < 1.29 is 9.53 Å². The van der Waals surface area contributed by atoms with E-state index in [9.17, 15) is 4.79 Å². The van der Waals surface area contributed by atoms with E-state index in [1.165, 1.54) is 5.56 Å². The molecule has 1 spiro atoms. The topological polar surface area (TPSA) is 45.7 Å². The Labute approximate surface area is 161 Å². The molecule has 0 bridgehead atoms. The number of rotatable bonds is 5. The molecular weight excluding hydrogens is 338 g/mol. The molecule has 0 N–H and O–H groups in total. The number of amides is 1. The van der Waals surface area contributed by atoms with Crippen LogP contribution in [0.25, 0.3) is 0 Å². The van der Waals surface area contributed by atoms with Gasteiger partial charge in [-0.05, 0) is 61.2 Å². The fourth-order valence-electron chi connectivity index (χ4n) is 4.48. The summed E-state index contributed by atoms with van der Waals surface area (Å²) in [4.78, 5) is 21.8. The number of piperidine rings is 1. The minimum absolute atomic E-state index is 0.197. The molecular formula is C22H27N3O2. The average molecular weight is 365 g/mol. The van der Waals surface area contributed by atoms with Gasteiger partial charge in [-0.2, -0.15) is 0 Å². The molecule has 1 aromatic carbocycles. The Bertz CT molecular complexity index is 778. The maximum Gasteiger partial charge on any atom is 0.230 e. The van der Waals surface area contributed by atoms with Crippen LogP contribution in [0.3, 0.4) is 0 Å². The molecule has 0 radical (unpaired) electrons. The van der Waals surface area contributed by atoms with Gasteiger partial charge in [0.1, 0.15) is 5.75 Å². The third-order valence-electron chi connectivity index (χ3n) is 5.95. The highest BCUT2D eigenvalue weighted by molar-refractivity contribution is 5.85. The van der Waals surface area contributed by atoms with Crippen LogP contribution in [0.2, 0.25) is 0 Å². The predicted octanol–water partition coefficient (Wildman–Crippen LogP) is 3.10.